The first-order valence-corrected chi connectivity index (χ1v) is 32.8. The van der Waals surface area contributed by atoms with Gasteiger partial charge in [-0.1, -0.05) is 71.8 Å². The molecule has 0 radical (unpaired) electrons. The highest BCUT2D eigenvalue weighted by Gasteiger charge is 2.03. The van der Waals surface area contributed by atoms with Crippen molar-refractivity contribution in [2.45, 2.75) is 48.5 Å². The number of imidazole rings is 1. The van der Waals surface area contributed by atoms with Crippen LogP contribution in [0.15, 0.2) is 211 Å². The molecule has 0 aliphatic heterocycles. The first-order chi connectivity index (χ1) is 49.3. The third kappa shape index (κ3) is 27.0. The molecule has 0 fully saturated rings. The number of rotatable bonds is 0. The predicted octanol–water partition coefficient (Wildman–Crippen LogP) is 16.5. The van der Waals surface area contributed by atoms with Crippen LogP contribution in [0.5, 0.6) is 0 Å². The topological polar surface area (TPSA) is 212 Å². The first kappa shape index (κ1) is 74.9. The molecule has 0 aliphatic carbocycles. The number of nitrogens with zero attached hydrogens (tertiary/aromatic N) is 12. The molecule has 0 spiro atoms. The maximum Gasteiger partial charge on any atom is 0.131 e. The second kappa shape index (κ2) is 39.5. The van der Waals surface area contributed by atoms with E-state index in [0.29, 0.717) is 39.1 Å². The van der Waals surface area contributed by atoms with E-state index in [1.54, 1.807) is 70.5 Å². The summed E-state index contributed by atoms with van der Waals surface area (Å²) in [6.45, 7) is 13.7. The van der Waals surface area contributed by atoms with Crippen molar-refractivity contribution < 1.29 is 4.39 Å². The van der Waals surface area contributed by atoms with E-state index in [1.807, 2.05) is 206 Å². The van der Waals surface area contributed by atoms with Crippen molar-refractivity contribution in [2.24, 2.45) is 7.05 Å². The number of halogens is 1. The number of nitriles is 6. The van der Waals surface area contributed by atoms with Gasteiger partial charge >= 0.3 is 0 Å². The summed E-state index contributed by atoms with van der Waals surface area (Å²) in [5.41, 5.74) is 20.7. The molecule has 486 valence electrons. The summed E-state index contributed by atoms with van der Waals surface area (Å²) < 4.78 is 14.9. The third-order valence-corrected chi connectivity index (χ3v) is 14.5. The number of thiazole rings is 2. The lowest BCUT2D eigenvalue weighted by Gasteiger charge is -1.96. The van der Waals surface area contributed by atoms with Crippen molar-refractivity contribution in [1.82, 2.24) is 29.5 Å². The van der Waals surface area contributed by atoms with Gasteiger partial charge in [-0.05, 0) is 251 Å². The van der Waals surface area contributed by atoms with E-state index < -0.39 is 5.82 Å². The van der Waals surface area contributed by atoms with Crippen LogP contribution in [-0.2, 0) is 7.05 Å². The molecule has 12 aromatic rings. The van der Waals surface area contributed by atoms with Crippen molar-refractivity contribution in [3.8, 4) is 107 Å². The second-order valence-electron chi connectivity index (χ2n) is 22.1. The van der Waals surface area contributed by atoms with Crippen LogP contribution in [0.3, 0.4) is 0 Å². The predicted molar refractivity (Wildman–Crippen MR) is 398 cm³/mol. The van der Waals surface area contributed by atoms with Crippen molar-refractivity contribution in [2.75, 3.05) is 0 Å². The fraction of sp³-hybridized carbons (Fsp3) is 0.0920. The van der Waals surface area contributed by atoms with E-state index in [1.165, 1.54) is 23.5 Å². The Labute approximate surface area is 603 Å². The zero-order valence-corrected chi connectivity index (χ0v) is 58.4. The van der Waals surface area contributed by atoms with Gasteiger partial charge < -0.3 is 4.57 Å². The van der Waals surface area contributed by atoms with Crippen LogP contribution in [0.2, 0.25) is 0 Å². The summed E-state index contributed by atoms with van der Waals surface area (Å²) in [6.07, 6.45) is 5.11. The number of benzene rings is 7. The Balaban J connectivity index is 0.000000172. The first-order valence-electron chi connectivity index (χ1n) is 30.9. The zero-order valence-electron chi connectivity index (χ0n) is 56.8. The molecular weight excluding hydrogens is 1300 g/mol. The molecule has 12 nitrogen and oxygen atoms in total. The lowest BCUT2D eigenvalue weighted by molar-refractivity contribution is 0.627. The second-order valence-corrected chi connectivity index (χ2v) is 23.9. The van der Waals surface area contributed by atoms with Gasteiger partial charge in [0.05, 0.1) is 86.6 Å². The van der Waals surface area contributed by atoms with Crippen LogP contribution in [0.1, 0.15) is 139 Å². The van der Waals surface area contributed by atoms with E-state index in [-0.39, 0.29) is 5.56 Å². The fourth-order valence-corrected chi connectivity index (χ4v) is 9.92. The lowest BCUT2D eigenvalue weighted by atomic mass is 10.1. The van der Waals surface area contributed by atoms with Crippen LogP contribution in [-0.4, -0.2) is 29.5 Å². The number of aromatic nitrogens is 6. The molecule has 15 heteroatoms. The Hall–Kier alpha value is -14.5. The summed E-state index contributed by atoms with van der Waals surface area (Å²) in [7, 11) is 1.84. The lowest BCUT2D eigenvalue weighted by Crippen LogP contribution is -1.86. The molecule has 0 N–H and O–H groups in total. The van der Waals surface area contributed by atoms with E-state index in [9.17, 15) is 4.39 Å². The molecule has 0 saturated carbocycles. The summed E-state index contributed by atoms with van der Waals surface area (Å²) in [5, 5.41) is 57.9. The third-order valence-electron chi connectivity index (χ3n) is 13.2. The van der Waals surface area contributed by atoms with Gasteiger partial charge in [0, 0.05) is 74.8 Å². The van der Waals surface area contributed by atoms with Gasteiger partial charge in [0.15, 0.2) is 0 Å². The number of aryl methyl sites for hydroxylation is 8. The summed E-state index contributed by atoms with van der Waals surface area (Å²) in [6, 6.07) is 65.7. The largest absolute Gasteiger partial charge is 0.339 e. The van der Waals surface area contributed by atoms with Crippen molar-refractivity contribution in [3.63, 3.8) is 0 Å². The van der Waals surface area contributed by atoms with Crippen molar-refractivity contribution in [3.05, 3.63) is 356 Å². The van der Waals surface area contributed by atoms with Gasteiger partial charge in [0.2, 0.25) is 0 Å². The Morgan fingerprint density at radius 1 is 0.333 bits per heavy atom. The van der Waals surface area contributed by atoms with E-state index in [4.69, 9.17) is 31.6 Å². The molecule has 0 amide bonds. The molecule has 0 unspecified atom stereocenters. The van der Waals surface area contributed by atoms with Gasteiger partial charge in [0.1, 0.15) is 34.3 Å². The minimum Gasteiger partial charge on any atom is -0.339 e. The van der Waals surface area contributed by atoms with Gasteiger partial charge in [-0.3, -0.25) is 0 Å². The van der Waals surface area contributed by atoms with Crippen molar-refractivity contribution >= 4 is 22.7 Å². The highest BCUT2D eigenvalue weighted by atomic mass is 32.1. The molecule has 0 bridgehead atoms. The molecular formula is C87H59FN12S2. The average Bonchev–Trinajstić information content (AvgIpc) is 0.990. The highest BCUT2D eigenvalue weighted by Crippen LogP contribution is 2.15. The Kier molecular flexibility index (Phi) is 29.0. The maximum absolute atomic E-state index is 13.1. The van der Waals surface area contributed by atoms with E-state index in [0.717, 1.165) is 94.7 Å². The summed E-state index contributed by atoms with van der Waals surface area (Å²) in [5.74, 6) is 35.3. The Morgan fingerprint density at radius 2 is 0.716 bits per heavy atom. The van der Waals surface area contributed by atoms with Crippen LogP contribution in [0.25, 0.3) is 0 Å². The summed E-state index contributed by atoms with van der Waals surface area (Å²) >= 11 is 3.10. The standard InChI is InChI=1S/C16H12N2.C16H11N.C15H10N2.C14H10N2S.C13H8FN3.C13H8N2S/c1-12-8-14(10-15(9-12)11-17)6-7-16-5-3-4-13(2)18-16;1-13-9-15(11-16(10-13)12-17)8-7-14-5-3-2-4-6-14;1-12-8-13(10-14(9-12)11-16)5-6-15-4-2-3-7-17-15;1-10-5-12(7-13(6-10)8-15)3-4-14-9-17-11(2)16-14;1-17-8-13(16-9-17)3-2-10-4-11(7-15)6-12(14)5-10;1-10-4-11(6-12(5-10)7-14)2-3-13-8-16-9-15-13/h3-5,8-10H,1-2H3;2-6,9-11H,1H3;2-4,7-10H,1H3;5-7,9H,1-2H3;4-6,8-9H,1H3;4-6,8-9H,1H3. The summed E-state index contributed by atoms with van der Waals surface area (Å²) in [4.78, 5) is 20.8. The molecule has 0 aliphatic rings. The molecule has 102 heavy (non-hydrogen) atoms. The fourth-order valence-electron chi connectivity index (χ4n) is 8.89. The van der Waals surface area contributed by atoms with Gasteiger partial charge in [0.25, 0.3) is 0 Å². The number of pyridine rings is 2. The van der Waals surface area contributed by atoms with Crippen molar-refractivity contribution in [1.29, 1.82) is 31.6 Å². The SMILES string of the molecule is Cc1cc(C#N)cc(C#Cc2cccc(C)n2)c1.Cc1cc(C#N)cc(C#Cc2ccccc2)c1.Cc1cc(C#N)cc(C#Cc2ccccn2)c1.Cc1cc(C#N)cc(C#Cc2csc(C)n2)c1.Cc1cc(C#N)cc(C#Cc2cscn2)c1.Cn1cnc(C#Cc2cc(F)cc(C#N)c2)c1. The van der Waals surface area contributed by atoms with E-state index in [2.05, 4.69) is 126 Å². The zero-order chi connectivity index (χ0) is 73.0. The maximum atomic E-state index is 13.1. The van der Waals surface area contributed by atoms with Gasteiger partial charge in [-0.25, -0.2) is 29.3 Å². The van der Waals surface area contributed by atoms with Crippen LogP contribution < -0.4 is 0 Å². The molecule has 5 aromatic heterocycles. The van der Waals surface area contributed by atoms with Crippen LogP contribution >= 0.6 is 22.7 Å². The molecule has 0 atom stereocenters. The molecule has 5 heterocycles. The van der Waals surface area contributed by atoms with E-state index >= 15 is 0 Å². The van der Waals surface area contributed by atoms with Crippen LogP contribution in [0, 0.1) is 193 Å². The monoisotopic (exact) mass is 1350 g/mol. The molecule has 7 aromatic carbocycles. The van der Waals surface area contributed by atoms with Crippen LogP contribution in [0.4, 0.5) is 4.39 Å². The number of hydrogen-bond acceptors (Lipinski definition) is 13. The Morgan fingerprint density at radius 3 is 1.12 bits per heavy atom. The highest BCUT2D eigenvalue weighted by molar-refractivity contribution is 7.09. The van der Waals surface area contributed by atoms with Gasteiger partial charge in [-0.2, -0.15) is 31.6 Å². The van der Waals surface area contributed by atoms with Gasteiger partial charge in [-0.15, -0.1) is 22.7 Å². The Bertz CT molecular complexity index is 5420. The minimum absolute atomic E-state index is 0.260. The quantitative estimate of drug-likeness (QED) is 0.130. The normalized spacial score (nSPS) is 9.09. The minimum atomic E-state index is -0.464. The molecule has 0 saturated heterocycles. The number of hydrogen-bond donors (Lipinski definition) is 0. The molecule has 12 rings (SSSR count). The average molecular weight is 1360 g/mol. The smallest absolute Gasteiger partial charge is 0.131 e.